The summed E-state index contributed by atoms with van der Waals surface area (Å²) in [5.41, 5.74) is 0.109. The Labute approximate surface area is 100 Å². The van der Waals surface area contributed by atoms with Crippen LogP contribution in [0.15, 0.2) is 0 Å². The molecule has 0 amide bonds. The molecule has 0 bridgehead atoms. The molecule has 0 aromatic rings. The highest BCUT2D eigenvalue weighted by Gasteiger charge is 2.42. The zero-order valence-corrected chi connectivity index (χ0v) is 11.2. The number of hydrogen-bond donors (Lipinski definition) is 1. The number of hydrogen-bond acceptors (Lipinski definition) is 2. The zero-order valence-electron chi connectivity index (χ0n) is 11.2. The molecule has 0 spiro atoms. The van der Waals surface area contributed by atoms with Crippen molar-refractivity contribution < 1.29 is 5.11 Å². The van der Waals surface area contributed by atoms with E-state index < -0.39 is 0 Å². The monoisotopic (exact) mass is 225 g/mol. The van der Waals surface area contributed by atoms with Crippen LogP contribution in [-0.4, -0.2) is 35.2 Å². The van der Waals surface area contributed by atoms with E-state index in [0.29, 0.717) is 6.04 Å². The number of rotatable bonds is 1. The van der Waals surface area contributed by atoms with E-state index >= 15 is 0 Å². The van der Waals surface area contributed by atoms with E-state index in [1.807, 2.05) is 0 Å². The topological polar surface area (TPSA) is 23.5 Å². The quantitative estimate of drug-likeness (QED) is 0.741. The summed E-state index contributed by atoms with van der Waals surface area (Å²) in [6.07, 6.45) is 3.49. The Morgan fingerprint density at radius 2 is 1.69 bits per heavy atom. The SMILES string of the molecule is CC1CN(C2CCCC(C)(C)C2O)CC1C. The van der Waals surface area contributed by atoms with E-state index in [1.54, 1.807) is 0 Å². The molecular weight excluding hydrogens is 198 g/mol. The molecule has 1 aliphatic carbocycles. The Hall–Kier alpha value is -0.0800. The van der Waals surface area contributed by atoms with E-state index in [-0.39, 0.29) is 11.5 Å². The molecule has 2 nitrogen and oxygen atoms in total. The van der Waals surface area contributed by atoms with Crippen LogP contribution in [0.2, 0.25) is 0 Å². The Balaban J connectivity index is 2.04. The highest BCUT2D eigenvalue weighted by Crippen LogP contribution is 2.39. The summed E-state index contributed by atoms with van der Waals surface area (Å²) >= 11 is 0. The molecule has 16 heavy (non-hydrogen) atoms. The fraction of sp³-hybridized carbons (Fsp3) is 1.00. The second-order valence-corrected chi connectivity index (χ2v) is 6.80. The van der Waals surface area contributed by atoms with Gasteiger partial charge in [-0.05, 0) is 30.1 Å². The standard InChI is InChI=1S/C14H27NO/c1-10-8-15(9-11(10)2)12-6-5-7-14(3,4)13(12)16/h10-13,16H,5-9H2,1-4H3. The number of nitrogens with zero attached hydrogens (tertiary/aromatic N) is 1. The van der Waals surface area contributed by atoms with Crippen LogP contribution in [0.25, 0.3) is 0 Å². The largest absolute Gasteiger partial charge is 0.391 e. The van der Waals surface area contributed by atoms with Gasteiger partial charge in [0.2, 0.25) is 0 Å². The van der Waals surface area contributed by atoms with Crippen molar-refractivity contribution in [2.75, 3.05) is 13.1 Å². The smallest absolute Gasteiger partial charge is 0.0746 e. The molecule has 1 saturated carbocycles. The molecule has 0 aromatic heterocycles. The van der Waals surface area contributed by atoms with E-state index in [0.717, 1.165) is 11.8 Å². The third-order valence-corrected chi connectivity index (χ3v) is 4.97. The molecule has 4 unspecified atom stereocenters. The van der Waals surface area contributed by atoms with Crippen LogP contribution in [0.3, 0.4) is 0 Å². The highest BCUT2D eigenvalue weighted by molar-refractivity contribution is 4.96. The van der Waals surface area contributed by atoms with Gasteiger partial charge in [-0.2, -0.15) is 0 Å². The maximum atomic E-state index is 10.5. The first-order valence-corrected chi connectivity index (χ1v) is 6.84. The average molecular weight is 225 g/mol. The summed E-state index contributed by atoms with van der Waals surface area (Å²) in [5.74, 6) is 1.58. The Bertz CT molecular complexity index is 241. The predicted molar refractivity (Wildman–Crippen MR) is 67.3 cm³/mol. The van der Waals surface area contributed by atoms with E-state index in [1.165, 1.54) is 32.4 Å². The van der Waals surface area contributed by atoms with Crippen molar-refractivity contribution in [1.29, 1.82) is 0 Å². The summed E-state index contributed by atoms with van der Waals surface area (Å²) in [5, 5.41) is 10.5. The molecule has 2 aliphatic rings. The minimum Gasteiger partial charge on any atom is -0.391 e. The van der Waals surface area contributed by atoms with Gasteiger partial charge in [-0.3, -0.25) is 4.90 Å². The summed E-state index contributed by atoms with van der Waals surface area (Å²) in [6.45, 7) is 11.5. The van der Waals surface area contributed by atoms with Crippen LogP contribution < -0.4 is 0 Å². The maximum absolute atomic E-state index is 10.5. The Kier molecular flexibility index (Phi) is 3.33. The van der Waals surface area contributed by atoms with Gasteiger partial charge in [0.15, 0.2) is 0 Å². The number of likely N-dealkylation sites (tertiary alicyclic amines) is 1. The van der Waals surface area contributed by atoms with Gasteiger partial charge in [0.1, 0.15) is 0 Å². The summed E-state index contributed by atoms with van der Waals surface area (Å²) in [6, 6.07) is 0.413. The molecule has 0 aromatic carbocycles. The van der Waals surface area contributed by atoms with Gasteiger partial charge >= 0.3 is 0 Å². The lowest BCUT2D eigenvalue weighted by molar-refractivity contribution is -0.0523. The molecule has 0 radical (unpaired) electrons. The lowest BCUT2D eigenvalue weighted by Crippen LogP contribution is -2.51. The first-order chi connectivity index (χ1) is 7.42. The number of aliphatic hydroxyl groups is 1. The minimum absolute atomic E-state index is 0.109. The zero-order chi connectivity index (χ0) is 11.9. The van der Waals surface area contributed by atoms with Crippen molar-refractivity contribution in [1.82, 2.24) is 4.90 Å². The Morgan fingerprint density at radius 1 is 1.12 bits per heavy atom. The molecule has 1 heterocycles. The van der Waals surface area contributed by atoms with Gasteiger partial charge in [-0.25, -0.2) is 0 Å². The van der Waals surface area contributed by atoms with Crippen LogP contribution in [0.5, 0.6) is 0 Å². The van der Waals surface area contributed by atoms with Crippen LogP contribution in [-0.2, 0) is 0 Å². The second kappa shape index (κ2) is 4.30. The van der Waals surface area contributed by atoms with E-state index in [9.17, 15) is 5.11 Å². The second-order valence-electron chi connectivity index (χ2n) is 6.80. The lowest BCUT2D eigenvalue weighted by Gasteiger charge is -2.44. The fourth-order valence-corrected chi connectivity index (χ4v) is 3.42. The minimum atomic E-state index is -0.140. The molecule has 2 rings (SSSR count). The summed E-state index contributed by atoms with van der Waals surface area (Å²) in [4.78, 5) is 2.54. The van der Waals surface area contributed by atoms with Gasteiger partial charge in [0.05, 0.1) is 6.10 Å². The van der Waals surface area contributed by atoms with Gasteiger partial charge in [-0.15, -0.1) is 0 Å². The van der Waals surface area contributed by atoms with Crippen molar-refractivity contribution in [3.05, 3.63) is 0 Å². The van der Waals surface area contributed by atoms with E-state index in [4.69, 9.17) is 0 Å². The predicted octanol–water partition coefficient (Wildman–Crippen LogP) is 2.51. The van der Waals surface area contributed by atoms with Crippen molar-refractivity contribution in [2.24, 2.45) is 17.3 Å². The van der Waals surface area contributed by atoms with Crippen LogP contribution >= 0.6 is 0 Å². The lowest BCUT2D eigenvalue weighted by atomic mass is 9.72. The molecule has 2 heteroatoms. The van der Waals surface area contributed by atoms with Crippen molar-refractivity contribution >= 4 is 0 Å². The molecular formula is C14H27NO. The first kappa shape index (κ1) is 12.4. The molecule has 2 fully saturated rings. The fourth-order valence-electron chi connectivity index (χ4n) is 3.42. The molecule has 1 N–H and O–H groups in total. The van der Waals surface area contributed by atoms with Crippen molar-refractivity contribution in [2.45, 2.75) is 59.1 Å². The average Bonchev–Trinajstić information content (AvgIpc) is 2.51. The third kappa shape index (κ3) is 2.14. The summed E-state index contributed by atoms with van der Waals surface area (Å²) in [7, 11) is 0. The van der Waals surface area contributed by atoms with Gasteiger partial charge in [0, 0.05) is 19.1 Å². The van der Waals surface area contributed by atoms with Crippen molar-refractivity contribution in [3.63, 3.8) is 0 Å². The summed E-state index contributed by atoms with van der Waals surface area (Å²) < 4.78 is 0. The number of aliphatic hydroxyl groups excluding tert-OH is 1. The van der Waals surface area contributed by atoms with Crippen molar-refractivity contribution in [3.8, 4) is 0 Å². The maximum Gasteiger partial charge on any atom is 0.0746 e. The third-order valence-electron chi connectivity index (χ3n) is 4.97. The first-order valence-electron chi connectivity index (χ1n) is 6.84. The van der Waals surface area contributed by atoms with Crippen LogP contribution in [0, 0.1) is 17.3 Å². The van der Waals surface area contributed by atoms with Crippen LogP contribution in [0.4, 0.5) is 0 Å². The van der Waals surface area contributed by atoms with Crippen LogP contribution in [0.1, 0.15) is 47.0 Å². The molecule has 1 aliphatic heterocycles. The highest BCUT2D eigenvalue weighted by atomic mass is 16.3. The van der Waals surface area contributed by atoms with Gasteiger partial charge in [-0.1, -0.05) is 34.1 Å². The Morgan fingerprint density at radius 3 is 2.25 bits per heavy atom. The molecule has 94 valence electrons. The van der Waals surface area contributed by atoms with Gasteiger partial charge in [0.25, 0.3) is 0 Å². The van der Waals surface area contributed by atoms with E-state index in [2.05, 4.69) is 32.6 Å². The normalized spacial score (nSPS) is 44.8. The molecule has 1 saturated heterocycles. The van der Waals surface area contributed by atoms with Gasteiger partial charge < -0.3 is 5.11 Å². The molecule has 4 atom stereocenters.